The average molecular weight is 332 g/mol. The van der Waals surface area contributed by atoms with Gasteiger partial charge in [-0.25, -0.2) is 0 Å². The van der Waals surface area contributed by atoms with Crippen LogP contribution in [0, 0.1) is 0 Å². The van der Waals surface area contributed by atoms with Gasteiger partial charge in [-0.3, -0.25) is 9.78 Å². The molecule has 2 heterocycles. The highest BCUT2D eigenvalue weighted by molar-refractivity contribution is 9.10. The highest BCUT2D eigenvalue weighted by atomic mass is 79.9. The van der Waals surface area contributed by atoms with Crippen LogP contribution in [0.15, 0.2) is 47.1 Å². The van der Waals surface area contributed by atoms with E-state index in [1.165, 1.54) is 0 Å². The summed E-state index contributed by atoms with van der Waals surface area (Å²) < 4.78 is 0.964. The van der Waals surface area contributed by atoms with Gasteiger partial charge in [0.1, 0.15) is 6.04 Å². The van der Waals surface area contributed by atoms with E-state index in [2.05, 4.69) is 31.5 Å². The zero-order valence-corrected chi connectivity index (χ0v) is 12.4. The van der Waals surface area contributed by atoms with Crippen molar-refractivity contribution in [1.29, 1.82) is 0 Å². The van der Waals surface area contributed by atoms with Crippen LogP contribution in [0.5, 0.6) is 0 Å². The Hall–Kier alpha value is -1.72. The third-order valence-corrected chi connectivity index (χ3v) is 3.80. The van der Waals surface area contributed by atoms with Crippen LogP contribution >= 0.6 is 15.9 Å². The molecule has 5 heteroatoms. The molecule has 102 valence electrons. The molecule has 0 radical (unpaired) electrons. The number of pyridine rings is 1. The van der Waals surface area contributed by atoms with Crippen LogP contribution in [-0.2, 0) is 11.2 Å². The summed E-state index contributed by atoms with van der Waals surface area (Å²) in [5.74, 6) is -0.000814. The smallest absolute Gasteiger partial charge is 0.246 e. The second kappa shape index (κ2) is 5.73. The SMILES string of the molecule is O=C1Nc2cc(Br)ccc2C1NCCc1ccccn1. The molecule has 0 spiro atoms. The summed E-state index contributed by atoms with van der Waals surface area (Å²) in [7, 11) is 0. The predicted molar refractivity (Wildman–Crippen MR) is 81.5 cm³/mol. The molecule has 1 atom stereocenters. The van der Waals surface area contributed by atoms with Crippen molar-refractivity contribution in [1.82, 2.24) is 10.3 Å². The fourth-order valence-corrected chi connectivity index (χ4v) is 2.69. The zero-order valence-electron chi connectivity index (χ0n) is 10.8. The van der Waals surface area contributed by atoms with Crippen LogP contribution in [-0.4, -0.2) is 17.4 Å². The van der Waals surface area contributed by atoms with E-state index in [4.69, 9.17) is 0 Å². The lowest BCUT2D eigenvalue weighted by molar-refractivity contribution is -0.117. The van der Waals surface area contributed by atoms with Crippen molar-refractivity contribution >= 4 is 27.5 Å². The van der Waals surface area contributed by atoms with E-state index in [0.29, 0.717) is 6.54 Å². The fraction of sp³-hybridized carbons (Fsp3) is 0.200. The average Bonchev–Trinajstić information content (AvgIpc) is 2.75. The summed E-state index contributed by atoms with van der Waals surface area (Å²) in [6.07, 6.45) is 2.58. The van der Waals surface area contributed by atoms with Crippen molar-refractivity contribution in [2.45, 2.75) is 12.5 Å². The third-order valence-electron chi connectivity index (χ3n) is 3.30. The van der Waals surface area contributed by atoms with Gasteiger partial charge in [0.05, 0.1) is 0 Å². The summed E-state index contributed by atoms with van der Waals surface area (Å²) in [6, 6.07) is 11.4. The summed E-state index contributed by atoms with van der Waals surface area (Å²) in [6.45, 7) is 0.713. The number of hydrogen-bond donors (Lipinski definition) is 2. The molecular weight excluding hydrogens is 318 g/mol. The molecule has 1 aromatic carbocycles. The zero-order chi connectivity index (χ0) is 13.9. The number of rotatable bonds is 4. The molecule has 0 fully saturated rings. The summed E-state index contributed by atoms with van der Waals surface area (Å²) >= 11 is 3.41. The van der Waals surface area contributed by atoms with Gasteiger partial charge >= 0.3 is 0 Å². The third kappa shape index (κ3) is 2.73. The van der Waals surface area contributed by atoms with Crippen molar-refractivity contribution in [3.8, 4) is 0 Å². The van der Waals surface area contributed by atoms with E-state index in [9.17, 15) is 4.79 Å². The van der Waals surface area contributed by atoms with E-state index in [1.807, 2.05) is 36.4 Å². The van der Waals surface area contributed by atoms with Gasteiger partial charge in [0.25, 0.3) is 0 Å². The number of carbonyl (C=O) groups is 1. The highest BCUT2D eigenvalue weighted by Gasteiger charge is 2.29. The number of halogens is 1. The molecule has 3 rings (SSSR count). The first-order valence-electron chi connectivity index (χ1n) is 6.47. The minimum Gasteiger partial charge on any atom is -0.324 e. The second-order valence-electron chi connectivity index (χ2n) is 4.68. The van der Waals surface area contributed by atoms with Gasteiger partial charge in [-0.2, -0.15) is 0 Å². The quantitative estimate of drug-likeness (QED) is 0.905. The molecule has 1 amide bonds. The van der Waals surface area contributed by atoms with Gasteiger partial charge in [-0.15, -0.1) is 0 Å². The number of nitrogens with zero attached hydrogens (tertiary/aromatic N) is 1. The van der Waals surface area contributed by atoms with Crippen LogP contribution in [0.4, 0.5) is 5.69 Å². The normalized spacial score (nSPS) is 16.9. The Morgan fingerprint density at radius 3 is 3.00 bits per heavy atom. The van der Waals surface area contributed by atoms with Crippen molar-refractivity contribution in [2.24, 2.45) is 0 Å². The molecule has 1 aliphatic heterocycles. The van der Waals surface area contributed by atoms with Gasteiger partial charge < -0.3 is 10.6 Å². The van der Waals surface area contributed by atoms with Crippen LogP contribution in [0.3, 0.4) is 0 Å². The first-order valence-corrected chi connectivity index (χ1v) is 7.27. The summed E-state index contributed by atoms with van der Waals surface area (Å²) in [5.41, 5.74) is 2.90. The van der Waals surface area contributed by atoms with Gasteiger partial charge in [-0.05, 0) is 24.3 Å². The number of benzene rings is 1. The standard InChI is InChI=1S/C15H14BrN3O/c16-10-4-5-12-13(9-10)19-15(20)14(12)18-8-6-11-3-1-2-7-17-11/h1-5,7,9,14,18H,6,8H2,(H,19,20). The van der Waals surface area contributed by atoms with Gasteiger partial charge in [0.15, 0.2) is 0 Å². The number of anilines is 1. The number of aromatic nitrogens is 1. The summed E-state index contributed by atoms with van der Waals surface area (Å²) in [5, 5.41) is 6.18. The molecule has 2 aromatic rings. The molecule has 0 saturated heterocycles. The van der Waals surface area contributed by atoms with Gasteiger partial charge in [0, 0.05) is 40.6 Å². The highest BCUT2D eigenvalue weighted by Crippen LogP contribution is 2.32. The maximum atomic E-state index is 12.0. The Morgan fingerprint density at radius 1 is 1.30 bits per heavy atom. The molecule has 0 bridgehead atoms. The van der Waals surface area contributed by atoms with Gasteiger partial charge in [0.2, 0.25) is 5.91 Å². The first-order chi connectivity index (χ1) is 9.74. The Labute approximate surface area is 125 Å². The largest absolute Gasteiger partial charge is 0.324 e. The maximum absolute atomic E-state index is 12.0. The lowest BCUT2D eigenvalue weighted by Gasteiger charge is -2.11. The second-order valence-corrected chi connectivity index (χ2v) is 5.59. The van der Waals surface area contributed by atoms with Gasteiger partial charge in [-0.1, -0.05) is 28.1 Å². The number of nitrogens with one attached hydrogen (secondary N) is 2. The molecule has 20 heavy (non-hydrogen) atoms. The van der Waals surface area contributed by atoms with Crippen molar-refractivity contribution in [2.75, 3.05) is 11.9 Å². The van der Waals surface area contributed by atoms with Crippen molar-refractivity contribution in [3.63, 3.8) is 0 Å². The minimum absolute atomic E-state index is 0.000814. The number of hydrogen-bond acceptors (Lipinski definition) is 3. The van der Waals surface area contributed by atoms with E-state index < -0.39 is 0 Å². The topological polar surface area (TPSA) is 54.0 Å². The first kappa shape index (κ1) is 13.3. The molecule has 1 aromatic heterocycles. The van der Waals surface area contributed by atoms with E-state index >= 15 is 0 Å². The number of carbonyl (C=O) groups excluding carboxylic acids is 1. The van der Waals surface area contributed by atoms with Crippen LogP contribution in [0.25, 0.3) is 0 Å². The monoisotopic (exact) mass is 331 g/mol. The number of amides is 1. The van der Waals surface area contributed by atoms with Crippen LogP contribution < -0.4 is 10.6 Å². The Kier molecular flexibility index (Phi) is 3.80. The van der Waals surface area contributed by atoms with Crippen LogP contribution in [0.1, 0.15) is 17.3 Å². The molecule has 0 saturated carbocycles. The molecule has 0 aliphatic carbocycles. The molecule has 2 N–H and O–H groups in total. The maximum Gasteiger partial charge on any atom is 0.246 e. The molecule has 1 aliphatic rings. The summed E-state index contributed by atoms with van der Waals surface area (Å²) in [4.78, 5) is 16.3. The Balaban J connectivity index is 1.65. The Morgan fingerprint density at radius 2 is 2.20 bits per heavy atom. The van der Waals surface area contributed by atoms with Crippen molar-refractivity contribution < 1.29 is 4.79 Å². The Bertz CT molecular complexity index is 630. The lowest BCUT2D eigenvalue weighted by atomic mass is 10.1. The molecular formula is C15H14BrN3O. The van der Waals surface area contributed by atoms with E-state index in [0.717, 1.165) is 27.8 Å². The predicted octanol–water partition coefficient (Wildman–Crippen LogP) is 2.67. The van der Waals surface area contributed by atoms with Crippen LogP contribution in [0.2, 0.25) is 0 Å². The van der Waals surface area contributed by atoms with E-state index in [1.54, 1.807) is 6.20 Å². The fourth-order valence-electron chi connectivity index (χ4n) is 2.33. The van der Waals surface area contributed by atoms with E-state index in [-0.39, 0.29) is 11.9 Å². The minimum atomic E-state index is -0.276. The lowest BCUT2D eigenvalue weighted by Crippen LogP contribution is -2.29. The molecule has 4 nitrogen and oxygen atoms in total. The number of fused-ring (bicyclic) bond motifs is 1. The van der Waals surface area contributed by atoms with Crippen molar-refractivity contribution in [3.05, 3.63) is 58.3 Å². The molecule has 1 unspecified atom stereocenters.